The van der Waals surface area contributed by atoms with Gasteiger partial charge in [0.2, 0.25) is 0 Å². The molecule has 0 amide bonds. The van der Waals surface area contributed by atoms with Crippen LogP contribution >= 0.6 is 0 Å². The summed E-state index contributed by atoms with van der Waals surface area (Å²) in [5, 5.41) is 3.29. The van der Waals surface area contributed by atoms with Crippen LogP contribution in [0.2, 0.25) is 0 Å². The smallest absolute Gasteiger partial charge is 0.306 e. The third kappa shape index (κ3) is 2.94. The lowest BCUT2D eigenvalue weighted by Crippen LogP contribution is -2.53. The molecule has 1 aliphatic rings. The minimum Gasteiger partial charge on any atom is -0.469 e. The van der Waals surface area contributed by atoms with Crippen molar-refractivity contribution in [3.63, 3.8) is 0 Å². The second kappa shape index (κ2) is 5.63. The largest absolute Gasteiger partial charge is 0.469 e. The maximum atomic E-state index is 11.0. The van der Waals surface area contributed by atoms with E-state index in [1.807, 2.05) is 24.9 Å². The maximum Gasteiger partial charge on any atom is 0.306 e. The Labute approximate surface area is 102 Å². The summed E-state index contributed by atoms with van der Waals surface area (Å²) in [5.74, 6) is -0.225. The first kappa shape index (κ1) is 13.4. The first-order valence-corrected chi connectivity index (χ1v) is 5.46. The van der Waals surface area contributed by atoms with Gasteiger partial charge in [0.1, 0.15) is 5.66 Å². The molecule has 0 fully saturated rings. The van der Waals surface area contributed by atoms with Crippen LogP contribution in [0.5, 0.6) is 0 Å². The van der Waals surface area contributed by atoms with Gasteiger partial charge in [0.25, 0.3) is 0 Å². The zero-order valence-electron chi connectivity index (χ0n) is 10.6. The maximum absolute atomic E-state index is 11.0. The average molecular weight is 237 g/mol. The number of nitrogens with one attached hydrogen (secondary N) is 1. The summed E-state index contributed by atoms with van der Waals surface area (Å²) in [6.07, 6.45) is 5.64. The van der Waals surface area contributed by atoms with Crippen molar-refractivity contribution in [2.24, 2.45) is 4.99 Å². The summed E-state index contributed by atoms with van der Waals surface area (Å²) in [6, 6.07) is 0. The highest BCUT2D eigenvalue weighted by atomic mass is 16.5. The van der Waals surface area contributed by atoms with Crippen LogP contribution in [0.1, 0.15) is 13.3 Å². The van der Waals surface area contributed by atoms with Gasteiger partial charge in [-0.05, 0) is 13.0 Å². The van der Waals surface area contributed by atoms with Crippen molar-refractivity contribution in [3.05, 3.63) is 24.4 Å². The Kier molecular flexibility index (Phi) is 4.45. The monoisotopic (exact) mass is 237 g/mol. The number of carbonyl (C=O) groups is 1. The molecule has 0 aromatic carbocycles. The molecule has 0 aromatic rings. The minimum absolute atomic E-state index is 0.225. The predicted molar refractivity (Wildman–Crippen MR) is 67.6 cm³/mol. The van der Waals surface area contributed by atoms with E-state index >= 15 is 0 Å². The van der Waals surface area contributed by atoms with E-state index in [9.17, 15) is 4.79 Å². The molecular formula is C12H19N3O2. The summed E-state index contributed by atoms with van der Waals surface area (Å²) in [5.41, 5.74) is 0.474. The van der Waals surface area contributed by atoms with E-state index in [0.29, 0.717) is 13.0 Å². The molecule has 0 aromatic heterocycles. The second-order valence-electron chi connectivity index (χ2n) is 3.97. The lowest BCUT2D eigenvalue weighted by molar-refractivity contribution is -0.140. The van der Waals surface area contributed by atoms with Gasteiger partial charge >= 0.3 is 5.97 Å². The molecule has 94 valence electrons. The van der Waals surface area contributed by atoms with E-state index < -0.39 is 5.66 Å². The number of likely N-dealkylation sites (N-methyl/N-ethyl adjacent to an activating group) is 1. The molecule has 5 heteroatoms. The van der Waals surface area contributed by atoms with E-state index in [0.717, 1.165) is 5.70 Å². The van der Waals surface area contributed by atoms with Gasteiger partial charge in [0, 0.05) is 13.6 Å². The second-order valence-corrected chi connectivity index (χ2v) is 3.97. The molecule has 0 saturated heterocycles. The molecule has 0 bridgehead atoms. The molecule has 1 aliphatic heterocycles. The number of carbonyl (C=O) groups excluding carboxylic acids is 1. The Hall–Kier alpha value is -1.62. The predicted octanol–water partition coefficient (Wildman–Crippen LogP) is 0.899. The van der Waals surface area contributed by atoms with Gasteiger partial charge in [0.05, 0.1) is 25.6 Å². The Morgan fingerprint density at radius 3 is 3.06 bits per heavy atom. The number of rotatable bonds is 5. The Morgan fingerprint density at radius 2 is 2.47 bits per heavy atom. The third-order valence-corrected chi connectivity index (χ3v) is 2.88. The summed E-state index contributed by atoms with van der Waals surface area (Å²) in [4.78, 5) is 17.3. The molecule has 0 spiro atoms. The molecular weight excluding hydrogens is 218 g/mol. The quantitative estimate of drug-likeness (QED) is 0.722. The molecule has 5 nitrogen and oxygen atoms in total. The minimum atomic E-state index is -0.401. The zero-order valence-corrected chi connectivity index (χ0v) is 10.6. The number of nitrogens with zero attached hydrogens (tertiary/aromatic N) is 2. The van der Waals surface area contributed by atoms with E-state index in [1.54, 1.807) is 12.4 Å². The molecule has 1 heterocycles. The van der Waals surface area contributed by atoms with Gasteiger partial charge in [0.15, 0.2) is 0 Å². The lowest BCUT2D eigenvalue weighted by Gasteiger charge is -2.34. The van der Waals surface area contributed by atoms with Crippen molar-refractivity contribution >= 4 is 12.3 Å². The number of allylic oxidation sites excluding steroid dienone is 2. The summed E-state index contributed by atoms with van der Waals surface area (Å²) in [7, 11) is 3.32. The Morgan fingerprint density at radius 1 is 1.76 bits per heavy atom. The number of hydrogen-bond acceptors (Lipinski definition) is 5. The SMILES string of the molecule is C=C/C=C1/N=CN(C)C1(C)NCCC(=O)OC. The van der Waals surface area contributed by atoms with E-state index in [2.05, 4.69) is 21.6 Å². The van der Waals surface area contributed by atoms with Gasteiger partial charge in [-0.1, -0.05) is 12.7 Å². The highest BCUT2D eigenvalue weighted by molar-refractivity contribution is 5.69. The molecule has 0 aliphatic carbocycles. The molecule has 0 radical (unpaired) electrons. The fourth-order valence-electron chi connectivity index (χ4n) is 1.61. The van der Waals surface area contributed by atoms with Crippen molar-refractivity contribution in [3.8, 4) is 0 Å². The van der Waals surface area contributed by atoms with Crippen LogP contribution in [0.25, 0.3) is 0 Å². The first-order chi connectivity index (χ1) is 8.04. The fourth-order valence-corrected chi connectivity index (χ4v) is 1.61. The number of ether oxygens (including phenoxy) is 1. The third-order valence-electron chi connectivity index (χ3n) is 2.88. The van der Waals surface area contributed by atoms with Crippen LogP contribution in [-0.4, -0.2) is 43.6 Å². The fraction of sp³-hybridized carbons (Fsp3) is 0.500. The number of esters is 1. The highest BCUT2D eigenvalue weighted by Crippen LogP contribution is 2.25. The number of hydrogen-bond donors (Lipinski definition) is 1. The molecule has 1 atom stereocenters. The Balaban J connectivity index is 2.63. The highest BCUT2D eigenvalue weighted by Gasteiger charge is 2.35. The molecule has 1 unspecified atom stereocenters. The summed E-state index contributed by atoms with van der Waals surface area (Å²) in [6.45, 7) is 6.21. The first-order valence-electron chi connectivity index (χ1n) is 5.46. The van der Waals surface area contributed by atoms with Crippen molar-refractivity contribution in [2.45, 2.75) is 19.0 Å². The van der Waals surface area contributed by atoms with Gasteiger partial charge in [-0.25, -0.2) is 4.99 Å². The zero-order chi connectivity index (χ0) is 12.9. The van der Waals surface area contributed by atoms with Crippen molar-refractivity contribution in [2.75, 3.05) is 20.7 Å². The van der Waals surface area contributed by atoms with Gasteiger partial charge < -0.3 is 9.64 Å². The normalized spacial score (nSPS) is 25.4. The van der Waals surface area contributed by atoms with Crippen molar-refractivity contribution < 1.29 is 9.53 Å². The number of methoxy groups -OCH3 is 1. The van der Waals surface area contributed by atoms with Crippen LogP contribution in [0, 0.1) is 0 Å². The van der Waals surface area contributed by atoms with Gasteiger partial charge in [-0.15, -0.1) is 0 Å². The molecule has 0 saturated carbocycles. The van der Waals surface area contributed by atoms with Crippen LogP contribution < -0.4 is 5.32 Å². The molecule has 1 N–H and O–H groups in total. The van der Waals surface area contributed by atoms with Gasteiger partial charge in [-0.3, -0.25) is 10.1 Å². The van der Waals surface area contributed by atoms with Crippen LogP contribution in [0.3, 0.4) is 0 Å². The van der Waals surface area contributed by atoms with Crippen molar-refractivity contribution in [1.82, 2.24) is 10.2 Å². The topological polar surface area (TPSA) is 53.9 Å². The van der Waals surface area contributed by atoms with Crippen LogP contribution in [0.4, 0.5) is 0 Å². The summed E-state index contributed by atoms with van der Waals surface area (Å²) < 4.78 is 4.59. The van der Waals surface area contributed by atoms with Crippen LogP contribution in [-0.2, 0) is 9.53 Å². The molecule has 1 rings (SSSR count). The Bertz CT molecular complexity index is 363. The van der Waals surface area contributed by atoms with Crippen molar-refractivity contribution in [1.29, 1.82) is 0 Å². The lowest BCUT2D eigenvalue weighted by atomic mass is 10.1. The number of aliphatic imine (C=N–C) groups is 1. The summed E-state index contributed by atoms with van der Waals surface area (Å²) >= 11 is 0. The average Bonchev–Trinajstić information content (AvgIpc) is 2.58. The standard InChI is InChI=1S/C12H19N3O2/c1-5-6-10-12(2,15(3)9-13-10)14-8-7-11(16)17-4/h5-6,9,14H,1,7-8H2,2-4H3/b10-6+. The van der Waals surface area contributed by atoms with Crippen LogP contribution in [0.15, 0.2) is 29.4 Å². The molecule has 17 heavy (non-hydrogen) atoms. The van der Waals surface area contributed by atoms with E-state index in [-0.39, 0.29) is 5.97 Å². The van der Waals surface area contributed by atoms with E-state index in [1.165, 1.54) is 7.11 Å². The van der Waals surface area contributed by atoms with E-state index in [4.69, 9.17) is 0 Å². The van der Waals surface area contributed by atoms with Gasteiger partial charge in [-0.2, -0.15) is 0 Å².